The summed E-state index contributed by atoms with van der Waals surface area (Å²) in [6, 6.07) is 12.0. The van der Waals surface area contributed by atoms with Crippen molar-refractivity contribution in [1.29, 1.82) is 0 Å². The summed E-state index contributed by atoms with van der Waals surface area (Å²) in [6.07, 6.45) is 3.27. The van der Waals surface area contributed by atoms with E-state index < -0.39 is 23.1 Å². The van der Waals surface area contributed by atoms with Crippen LogP contribution in [0.25, 0.3) is 5.65 Å². The van der Waals surface area contributed by atoms with Gasteiger partial charge in [-0.05, 0) is 48.9 Å². The highest BCUT2D eigenvalue weighted by atomic mass is 19.1. The minimum Gasteiger partial charge on any atom is -0.354 e. The van der Waals surface area contributed by atoms with Gasteiger partial charge in [-0.3, -0.25) is 4.79 Å². The summed E-state index contributed by atoms with van der Waals surface area (Å²) in [4.78, 5) is 16.4. The van der Waals surface area contributed by atoms with Crippen LogP contribution in [0.1, 0.15) is 15.9 Å². The largest absolute Gasteiger partial charge is 0.354 e. The first-order valence-corrected chi connectivity index (χ1v) is 8.44. The SMILES string of the molecule is Cc1cc2ncnn2cc1Nc1cccc(NC(=O)c2c(F)cccc2F)c1. The van der Waals surface area contributed by atoms with E-state index in [1.165, 1.54) is 12.4 Å². The maximum Gasteiger partial charge on any atom is 0.261 e. The number of carbonyl (C=O) groups excluding carboxylic acids is 1. The summed E-state index contributed by atoms with van der Waals surface area (Å²) in [5.41, 5.74) is 2.97. The number of benzene rings is 2. The van der Waals surface area contributed by atoms with Crippen LogP contribution >= 0.6 is 0 Å². The molecule has 0 saturated heterocycles. The highest BCUT2D eigenvalue weighted by molar-refractivity contribution is 6.04. The summed E-state index contributed by atoms with van der Waals surface area (Å²) in [6.45, 7) is 1.93. The van der Waals surface area contributed by atoms with E-state index in [1.807, 2.05) is 19.1 Å². The fourth-order valence-electron chi connectivity index (χ4n) is 2.83. The van der Waals surface area contributed by atoms with Crippen LogP contribution in [0, 0.1) is 18.6 Å². The monoisotopic (exact) mass is 379 g/mol. The Bertz CT molecular complexity index is 1170. The van der Waals surface area contributed by atoms with E-state index in [1.54, 1.807) is 28.9 Å². The van der Waals surface area contributed by atoms with Crippen LogP contribution in [0.4, 0.5) is 25.8 Å². The quantitative estimate of drug-likeness (QED) is 0.554. The molecular formula is C20H15F2N5O. The Kier molecular flexibility index (Phi) is 4.44. The van der Waals surface area contributed by atoms with Gasteiger partial charge in [-0.15, -0.1) is 0 Å². The molecule has 0 unspecified atom stereocenters. The summed E-state index contributed by atoms with van der Waals surface area (Å²) < 4.78 is 29.2. The van der Waals surface area contributed by atoms with Crippen molar-refractivity contribution in [1.82, 2.24) is 14.6 Å². The van der Waals surface area contributed by atoms with Crippen molar-refractivity contribution in [3.05, 3.63) is 83.8 Å². The number of pyridine rings is 1. The third-order valence-electron chi connectivity index (χ3n) is 4.21. The molecule has 6 nitrogen and oxygen atoms in total. The normalized spacial score (nSPS) is 10.8. The average molecular weight is 379 g/mol. The average Bonchev–Trinajstić information content (AvgIpc) is 3.09. The lowest BCUT2D eigenvalue weighted by molar-refractivity contribution is 0.101. The van der Waals surface area contributed by atoms with Crippen LogP contribution < -0.4 is 10.6 Å². The van der Waals surface area contributed by atoms with E-state index in [4.69, 9.17) is 0 Å². The number of anilines is 3. The molecule has 0 fully saturated rings. The van der Waals surface area contributed by atoms with Crippen molar-refractivity contribution in [2.45, 2.75) is 6.92 Å². The van der Waals surface area contributed by atoms with Crippen molar-refractivity contribution in [3.63, 3.8) is 0 Å². The molecule has 140 valence electrons. The maximum atomic E-state index is 13.8. The van der Waals surface area contributed by atoms with Gasteiger partial charge in [0.15, 0.2) is 5.65 Å². The molecule has 2 N–H and O–H groups in total. The molecule has 28 heavy (non-hydrogen) atoms. The molecule has 0 atom stereocenters. The third-order valence-corrected chi connectivity index (χ3v) is 4.21. The van der Waals surface area contributed by atoms with Gasteiger partial charge >= 0.3 is 0 Å². The van der Waals surface area contributed by atoms with Crippen molar-refractivity contribution in [2.24, 2.45) is 0 Å². The molecule has 0 aliphatic carbocycles. The molecule has 8 heteroatoms. The van der Waals surface area contributed by atoms with Gasteiger partial charge in [-0.25, -0.2) is 18.3 Å². The Hall–Kier alpha value is -3.81. The van der Waals surface area contributed by atoms with E-state index in [9.17, 15) is 13.6 Å². The Morgan fingerprint density at radius 2 is 1.75 bits per heavy atom. The van der Waals surface area contributed by atoms with Gasteiger partial charge in [0, 0.05) is 11.4 Å². The number of fused-ring (bicyclic) bond motifs is 1. The fraction of sp³-hybridized carbons (Fsp3) is 0.0500. The molecule has 1 amide bonds. The second-order valence-corrected chi connectivity index (χ2v) is 6.19. The first-order valence-electron chi connectivity index (χ1n) is 8.44. The predicted molar refractivity (Wildman–Crippen MR) is 102 cm³/mol. The molecule has 4 aromatic rings. The Morgan fingerprint density at radius 1 is 1.04 bits per heavy atom. The highest BCUT2D eigenvalue weighted by Gasteiger charge is 2.17. The number of hydrogen-bond donors (Lipinski definition) is 2. The zero-order chi connectivity index (χ0) is 19.7. The zero-order valence-corrected chi connectivity index (χ0v) is 14.8. The van der Waals surface area contributed by atoms with Gasteiger partial charge in [-0.1, -0.05) is 12.1 Å². The zero-order valence-electron chi connectivity index (χ0n) is 14.8. The number of nitrogens with zero attached hydrogens (tertiary/aromatic N) is 3. The van der Waals surface area contributed by atoms with Crippen LogP contribution in [0.15, 0.2) is 61.1 Å². The summed E-state index contributed by atoms with van der Waals surface area (Å²) in [5.74, 6) is -2.68. The van der Waals surface area contributed by atoms with Gasteiger partial charge in [0.2, 0.25) is 0 Å². The molecule has 0 saturated carbocycles. The number of rotatable bonds is 4. The fourth-order valence-corrected chi connectivity index (χ4v) is 2.83. The number of amides is 1. The Labute approximate surface area is 158 Å². The summed E-state index contributed by atoms with van der Waals surface area (Å²) >= 11 is 0. The maximum absolute atomic E-state index is 13.8. The lowest BCUT2D eigenvalue weighted by Gasteiger charge is -2.12. The van der Waals surface area contributed by atoms with Crippen molar-refractivity contribution >= 4 is 28.6 Å². The lowest BCUT2D eigenvalue weighted by Crippen LogP contribution is -2.15. The van der Waals surface area contributed by atoms with Crippen LogP contribution in [0.5, 0.6) is 0 Å². The summed E-state index contributed by atoms with van der Waals surface area (Å²) in [7, 11) is 0. The molecular weight excluding hydrogens is 364 g/mol. The van der Waals surface area contributed by atoms with Crippen LogP contribution in [0.3, 0.4) is 0 Å². The van der Waals surface area contributed by atoms with E-state index in [0.717, 1.165) is 29.0 Å². The minimum absolute atomic E-state index is 0.400. The van der Waals surface area contributed by atoms with Crippen molar-refractivity contribution < 1.29 is 13.6 Å². The molecule has 0 aliphatic rings. The number of aromatic nitrogens is 3. The smallest absolute Gasteiger partial charge is 0.261 e. The minimum atomic E-state index is -0.913. The van der Waals surface area contributed by atoms with Gasteiger partial charge in [0.1, 0.15) is 23.5 Å². The molecule has 2 aromatic carbocycles. The molecule has 0 radical (unpaired) electrons. The number of halogens is 2. The van der Waals surface area contributed by atoms with Gasteiger partial charge in [0.25, 0.3) is 5.91 Å². The predicted octanol–water partition coefficient (Wildman–Crippen LogP) is 4.31. The second kappa shape index (κ2) is 7.07. The Balaban J connectivity index is 1.57. The first-order chi connectivity index (χ1) is 13.5. The number of carbonyl (C=O) groups is 1. The Morgan fingerprint density at radius 3 is 2.54 bits per heavy atom. The molecule has 2 heterocycles. The van der Waals surface area contributed by atoms with Gasteiger partial charge in [-0.2, -0.15) is 5.10 Å². The lowest BCUT2D eigenvalue weighted by atomic mass is 10.1. The number of nitrogens with one attached hydrogen (secondary N) is 2. The first kappa shape index (κ1) is 17.6. The van der Waals surface area contributed by atoms with E-state index in [0.29, 0.717) is 11.4 Å². The molecule has 0 aliphatic heterocycles. The van der Waals surface area contributed by atoms with E-state index in [2.05, 4.69) is 20.7 Å². The van der Waals surface area contributed by atoms with Crippen LogP contribution in [-0.4, -0.2) is 20.5 Å². The van der Waals surface area contributed by atoms with Crippen molar-refractivity contribution in [2.75, 3.05) is 10.6 Å². The van der Waals surface area contributed by atoms with Crippen molar-refractivity contribution in [3.8, 4) is 0 Å². The van der Waals surface area contributed by atoms with Crippen LogP contribution in [0.2, 0.25) is 0 Å². The third kappa shape index (κ3) is 3.39. The van der Waals surface area contributed by atoms with Crippen LogP contribution in [-0.2, 0) is 0 Å². The molecule has 2 aromatic heterocycles. The molecule has 0 bridgehead atoms. The second-order valence-electron chi connectivity index (χ2n) is 6.19. The van der Waals surface area contributed by atoms with E-state index in [-0.39, 0.29) is 0 Å². The number of aryl methyl sites for hydroxylation is 1. The molecule has 4 rings (SSSR count). The standard InChI is InChI=1S/C20H15F2N5O/c1-12-8-18-23-11-24-27(18)10-17(12)25-13-4-2-5-14(9-13)26-20(28)19-15(21)6-3-7-16(19)22/h2-11,25H,1H3,(H,26,28). The highest BCUT2D eigenvalue weighted by Crippen LogP contribution is 2.24. The molecule has 0 spiro atoms. The summed E-state index contributed by atoms with van der Waals surface area (Å²) in [5, 5.41) is 9.87. The van der Waals surface area contributed by atoms with Gasteiger partial charge < -0.3 is 10.6 Å². The topological polar surface area (TPSA) is 71.3 Å². The van der Waals surface area contributed by atoms with Gasteiger partial charge in [0.05, 0.1) is 11.9 Å². The number of hydrogen-bond acceptors (Lipinski definition) is 4. The van der Waals surface area contributed by atoms with E-state index >= 15 is 0 Å².